The fourth-order valence-corrected chi connectivity index (χ4v) is 3.08. The van der Waals surface area contributed by atoms with Crippen LogP contribution in [0.5, 0.6) is 0 Å². The lowest BCUT2D eigenvalue weighted by molar-refractivity contribution is 0.425. The Kier molecular flexibility index (Phi) is 3.59. The second kappa shape index (κ2) is 5.28. The molecule has 1 aromatic carbocycles. The number of furan rings is 1. The van der Waals surface area contributed by atoms with Gasteiger partial charge in [-0.2, -0.15) is 0 Å². The normalized spacial score (nSPS) is 12.2. The lowest BCUT2D eigenvalue weighted by Gasteiger charge is -2.19. The summed E-state index contributed by atoms with van der Waals surface area (Å²) < 4.78 is 5.90. The summed E-state index contributed by atoms with van der Waals surface area (Å²) in [4.78, 5) is 5.93. The van der Waals surface area contributed by atoms with E-state index in [1.165, 1.54) is 4.88 Å². The minimum Gasteiger partial charge on any atom is -0.454 e. The minimum absolute atomic E-state index is 0.107. The number of para-hydroxylation sites is 1. The molecule has 2 heterocycles. The number of hydrogen-bond donors (Lipinski definition) is 1. The minimum atomic E-state index is 0.107. The summed E-state index contributed by atoms with van der Waals surface area (Å²) in [5.74, 6) is 0.853. The second-order valence-corrected chi connectivity index (χ2v) is 7.36. The maximum atomic E-state index is 5.90. The molecule has 0 aliphatic heterocycles. The van der Waals surface area contributed by atoms with E-state index in [2.05, 4.69) is 50.1 Å². The van der Waals surface area contributed by atoms with Crippen LogP contribution in [-0.2, 0) is 6.54 Å². The number of rotatable bonds is 3. The molecule has 0 amide bonds. The van der Waals surface area contributed by atoms with E-state index in [1.54, 1.807) is 11.3 Å². The van der Waals surface area contributed by atoms with Crippen molar-refractivity contribution in [3.05, 3.63) is 40.9 Å². The van der Waals surface area contributed by atoms with Gasteiger partial charge in [0.05, 0.1) is 5.69 Å². The first-order valence-electron chi connectivity index (χ1n) is 7.13. The Morgan fingerprint density at radius 3 is 2.71 bits per heavy atom. The number of fused-ring (bicyclic) bond motifs is 1. The number of thiazole rings is 1. The molecule has 0 bridgehead atoms. The summed E-state index contributed by atoms with van der Waals surface area (Å²) in [7, 11) is 0. The SMILES string of the molecule is Cc1nc(-c2cc3ccccc3o2)sc1CNC(C)(C)C. The Hall–Kier alpha value is -1.65. The van der Waals surface area contributed by atoms with Gasteiger partial charge in [-0.25, -0.2) is 4.98 Å². The molecule has 0 unspecified atom stereocenters. The zero-order chi connectivity index (χ0) is 15.0. The lowest BCUT2D eigenvalue weighted by atomic mass is 10.1. The molecule has 2 aromatic heterocycles. The van der Waals surface area contributed by atoms with E-state index in [4.69, 9.17) is 4.42 Å². The maximum absolute atomic E-state index is 5.90. The number of nitrogens with one attached hydrogen (secondary N) is 1. The standard InChI is InChI=1S/C17H20N2OS/c1-11-15(10-18-17(2,3)4)21-16(19-11)14-9-12-7-5-6-8-13(12)20-14/h5-9,18H,10H2,1-4H3. The Bertz CT molecular complexity index is 732. The zero-order valence-electron chi connectivity index (χ0n) is 12.9. The molecule has 0 saturated heterocycles. The van der Waals surface area contributed by atoms with Gasteiger partial charge >= 0.3 is 0 Å². The number of benzene rings is 1. The predicted octanol–water partition coefficient (Wildman–Crippen LogP) is 4.75. The molecule has 0 fully saturated rings. The molecule has 0 aliphatic rings. The summed E-state index contributed by atoms with van der Waals surface area (Å²) in [6.45, 7) is 9.41. The molecule has 0 atom stereocenters. The van der Waals surface area contributed by atoms with Crippen molar-refractivity contribution in [1.29, 1.82) is 0 Å². The van der Waals surface area contributed by atoms with Gasteiger partial charge in [-0.05, 0) is 39.8 Å². The molecule has 21 heavy (non-hydrogen) atoms. The quantitative estimate of drug-likeness (QED) is 0.758. The fourth-order valence-electron chi connectivity index (χ4n) is 2.13. The number of hydrogen-bond acceptors (Lipinski definition) is 4. The molecule has 1 N–H and O–H groups in total. The smallest absolute Gasteiger partial charge is 0.164 e. The van der Waals surface area contributed by atoms with Crippen molar-refractivity contribution in [3.63, 3.8) is 0 Å². The summed E-state index contributed by atoms with van der Waals surface area (Å²) >= 11 is 1.70. The van der Waals surface area contributed by atoms with E-state index >= 15 is 0 Å². The highest BCUT2D eigenvalue weighted by Crippen LogP contribution is 2.32. The van der Waals surface area contributed by atoms with E-state index in [9.17, 15) is 0 Å². The summed E-state index contributed by atoms with van der Waals surface area (Å²) in [5, 5.41) is 5.58. The van der Waals surface area contributed by atoms with Gasteiger partial charge in [-0.1, -0.05) is 18.2 Å². The predicted molar refractivity (Wildman–Crippen MR) is 88.7 cm³/mol. The van der Waals surface area contributed by atoms with Crippen LogP contribution in [0, 0.1) is 6.92 Å². The molecule has 0 aliphatic carbocycles. The monoisotopic (exact) mass is 300 g/mol. The topological polar surface area (TPSA) is 38.1 Å². The summed E-state index contributed by atoms with van der Waals surface area (Å²) in [6.07, 6.45) is 0. The molecule has 0 radical (unpaired) electrons. The van der Waals surface area contributed by atoms with Crippen molar-refractivity contribution in [2.24, 2.45) is 0 Å². The zero-order valence-corrected chi connectivity index (χ0v) is 13.7. The van der Waals surface area contributed by atoms with Crippen LogP contribution >= 0.6 is 11.3 Å². The van der Waals surface area contributed by atoms with Crippen LogP contribution in [-0.4, -0.2) is 10.5 Å². The number of aromatic nitrogens is 1. The second-order valence-electron chi connectivity index (χ2n) is 6.28. The van der Waals surface area contributed by atoms with Gasteiger partial charge in [0.15, 0.2) is 10.8 Å². The van der Waals surface area contributed by atoms with Crippen LogP contribution in [0.1, 0.15) is 31.3 Å². The van der Waals surface area contributed by atoms with Crippen molar-refractivity contribution in [2.75, 3.05) is 0 Å². The molecule has 110 valence electrons. The van der Waals surface area contributed by atoms with Crippen LogP contribution in [0.25, 0.3) is 21.7 Å². The van der Waals surface area contributed by atoms with E-state index in [-0.39, 0.29) is 5.54 Å². The van der Waals surface area contributed by atoms with Gasteiger partial charge < -0.3 is 9.73 Å². The molecule has 3 rings (SSSR count). The van der Waals surface area contributed by atoms with E-state index in [0.29, 0.717) is 0 Å². The molecule has 3 nitrogen and oxygen atoms in total. The van der Waals surface area contributed by atoms with Crippen LogP contribution in [0.2, 0.25) is 0 Å². The van der Waals surface area contributed by atoms with Crippen molar-refractivity contribution in [3.8, 4) is 10.8 Å². The van der Waals surface area contributed by atoms with Crippen LogP contribution in [0.4, 0.5) is 0 Å². The third-order valence-electron chi connectivity index (χ3n) is 3.31. The van der Waals surface area contributed by atoms with Crippen molar-refractivity contribution in [2.45, 2.75) is 39.8 Å². The number of nitrogens with zero attached hydrogens (tertiary/aromatic N) is 1. The Morgan fingerprint density at radius 2 is 2.00 bits per heavy atom. The first-order valence-corrected chi connectivity index (χ1v) is 7.94. The van der Waals surface area contributed by atoms with Gasteiger partial charge in [0.1, 0.15) is 5.58 Å². The number of aryl methyl sites for hydroxylation is 1. The molecule has 3 aromatic rings. The van der Waals surface area contributed by atoms with E-state index in [1.807, 2.05) is 18.2 Å². The highest BCUT2D eigenvalue weighted by molar-refractivity contribution is 7.15. The average molecular weight is 300 g/mol. The highest BCUT2D eigenvalue weighted by atomic mass is 32.1. The van der Waals surface area contributed by atoms with E-state index < -0.39 is 0 Å². The van der Waals surface area contributed by atoms with Gasteiger partial charge in [0.25, 0.3) is 0 Å². The van der Waals surface area contributed by atoms with Crippen LogP contribution < -0.4 is 5.32 Å². The van der Waals surface area contributed by atoms with E-state index in [0.717, 1.165) is 34.0 Å². The van der Waals surface area contributed by atoms with Crippen molar-refractivity contribution in [1.82, 2.24) is 10.3 Å². The van der Waals surface area contributed by atoms with Gasteiger partial charge in [0, 0.05) is 22.3 Å². The lowest BCUT2D eigenvalue weighted by Crippen LogP contribution is -2.34. The Balaban J connectivity index is 1.89. The molecular formula is C17H20N2OS. The van der Waals surface area contributed by atoms with Crippen LogP contribution in [0.3, 0.4) is 0 Å². The fraction of sp³-hybridized carbons (Fsp3) is 0.353. The van der Waals surface area contributed by atoms with Crippen molar-refractivity contribution >= 4 is 22.3 Å². The Labute approximate surface area is 129 Å². The first kappa shape index (κ1) is 14.3. The molecule has 0 saturated carbocycles. The van der Waals surface area contributed by atoms with Gasteiger partial charge in [0.2, 0.25) is 0 Å². The molecule has 4 heteroatoms. The maximum Gasteiger partial charge on any atom is 0.164 e. The largest absolute Gasteiger partial charge is 0.454 e. The van der Waals surface area contributed by atoms with Gasteiger partial charge in [-0.3, -0.25) is 0 Å². The highest BCUT2D eigenvalue weighted by Gasteiger charge is 2.15. The average Bonchev–Trinajstić information content (AvgIpc) is 2.98. The first-order chi connectivity index (χ1) is 9.92. The summed E-state index contributed by atoms with van der Waals surface area (Å²) in [6, 6.07) is 10.1. The third kappa shape index (κ3) is 3.17. The molecular weight excluding hydrogens is 280 g/mol. The summed E-state index contributed by atoms with van der Waals surface area (Å²) in [5.41, 5.74) is 2.09. The van der Waals surface area contributed by atoms with Crippen LogP contribution in [0.15, 0.2) is 34.7 Å². The molecule has 0 spiro atoms. The Morgan fingerprint density at radius 1 is 1.24 bits per heavy atom. The third-order valence-corrected chi connectivity index (χ3v) is 4.48. The van der Waals surface area contributed by atoms with Crippen molar-refractivity contribution < 1.29 is 4.42 Å². The van der Waals surface area contributed by atoms with Gasteiger partial charge in [-0.15, -0.1) is 11.3 Å².